The van der Waals surface area contributed by atoms with Gasteiger partial charge in [-0.3, -0.25) is 4.79 Å². The molecule has 1 rings (SSSR count). The van der Waals surface area contributed by atoms with E-state index in [0.29, 0.717) is 6.42 Å². The lowest BCUT2D eigenvalue weighted by atomic mass is 9.72. The highest BCUT2D eigenvalue weighted by atomic mass is 16.3. The summed E-state index contributed by atoms with van der Waals surface area (Å²) in [5.41, 5.74) is 1.66. The van der Waals surface area contributed by atoms with Crippen LogP contribution in [0, 0.1) is 5.41 Å². The number of ketones is 1. The predicted octanol–water partition coefficient (Wildman–Crippen LogP) is 1.68. The number of allylic oxidation sites excluding steroid dienone is 1. The van der Waals surface area contributed by atoms with E-state index in [0.717, 1.165) is 12.0 Å². The Hall–Kier alpha value is -0.630. The van der Waals surface area contributed by atoms with Crippen molar-refractivity contribution in [2.24, 2.45) is 5.41 Å². The Morgan fingerprint density at radius 1 is 1.42 bits per heavy atom. The molecule has 0 saturated carbocycles. The van der Waals surface area contributed by atoms with E-state index in [2.05, 4.69) is 0 Å². The van der Waals surface area contributed by atoms with E-state index in [-0.39, 0.29) is 12.4 Å². The Balaban J connectivity index is 3.09. The van der Waals surface area contributed by atoms with Gasteiger partial charge < -0.3 is 5.11 Å². The first-order valence-electron chi connectivity index (χ1n) is 4.33. The van der Waals surface area contributed by atoms with Gasteiger partial charge in [-0.25, -0.2) is 0 Å². The maximum Gasteiger partial charge on any atom is 0.142 e. The third-order valence-electron chi connectivity index (χ3n) is 2.85. The molecule has 0 aromatic carbocycles. The summed E-state index contributed by atoms with van der Waals surface area (Å²) in [5, 5.41) is 9.10. The van der Waals surface area contributed by atoms with Crippen molar-refractivity contribution in [1.29, 1.82) is 0 Å². The zero-order valence-corrected chi connectivity index (χ0v) is 7.98. The summed E-state index contributed by atoms with van der Waals surface area (Å²) in [6.45, 7) is 5.80. The highest BCUT2D eigenvalue weighted by Crippen LogP contribution is 2.36. The van der Waals surface area contributed by atoms with Crippen LogP contribution in [-0.4, -0.2) is 17.5 Å². The van der Waals surface area contributed by atoms with Crippen LogP contribution in [0.15, 0.2) is 11.1 Å². The molecule has 1 aliphatic carbocycles. The molecule has 0 saturated heterocycles. The smallest absolute Gasteiger partial charge is 0.142 e. The van der Waals surface area contributed by atoms with Crippen molar-refractivity contribution in [3.05, 3.63) is 11.1 Å². The molecule has 1 N–H and O–H groups in total. The maximum absolute atomic E-state index is 11.5. The summed E-state index contributed by atoms with van der Waals surface area (Å²) >= 11 is 0. The number of rotatable bonds is 1. The molecule has 2 nitrogen and oxygen atoms in total. The number of hydrogen-bond donors (Lipinski definition) is 1. The van der Waals surface area contributed by atoms with Gasteiger partial charge in [0.25, 0.3) is 0 Å². The van der Waals surface area contributed by atoms with Crippen LogP contribution in [0.4, 0.5) is 0 Å². The van der Waals surface area contributed by atoms with E-state index < -0.39 is 5.41 Å². The average molecular weight is 168 g/mol. The number of hydrogen-bond acceptors (Lipinski definition) is 2. The molecule has 1 aliphatic rings. The van der Waals surface area contributed by atoms with Gasteiger partial charge >= 0.3 is 0 Å². The van der Waals surface area contributed by atoms with Gasteiger partial charge in [0.2, 0.25) is 0 Å². The van der Waals surface area contributed by atoms with E-state index in [1.807, 2.05) is 20.8 Å². The molecule has 0 aliphatic heterocycles. The normalized spacial score (nSPS) is 23.2. The lowest BCUT2D eigenvalue weighted by Crippen LogP contribution is -2.32. The van der Waals surface area contributed by atoms with Gasteiger partial charge in [0, 0.05) is 11.8 Å². The fourth-order valence-corrected chi connectivity index (χ4v) is 1.80. The Morgan fingerprint density at radius 3 is 2.42 bits per heavy atom. The molecular weight excluding hydrogens is 152 g/mol. The van der Waals surface area contributed by atoms with Crippen LogP contribution in [0.2, 0.25) is 0 Å². The number of carbonyl (C=O) groups is 1. The Morgan fingerprint density at radius 2 is 2.00 bits per heavy atom. The fourth-order valence-electron chi connectivity index (χ4n) is 1.80. The second-order valence-corrected chi connectivity index (χ2v) is 3.97. The SMILES string of the molecule is CC1=C(CO)C(C)(C)C(=O)CC1. The Bertz CT molecular complexity index is 236. The lowest BCUT2D eigenvalue weighted by molar-refractivity contribution is -0.126. The van der Waals surface area contributed by atoms with E-state index in [9.17, 15) is 4.79 Å². The average Bonchev–Trinajstić information content (AvgIpc) is 1.98. The van der Waals surface area contributed by atoms with Crippen LogP contribution in [0.5, 0.6) is 0 Å². The number of aliphatic hydroxyl groups is 1. The van der Waals surface area contributed by atoms with Gasteiger partial charge in [0.1, 0.15) is 5.78 Å². The third-order valence-corrected chi connectivity index (χ3v) is 2.85. The van der Waals surface area contributed by atoms with Crippen LogP contribution in [0.25, 0.3) is 0 Å². The lowest BCUT2D eigenvalue weighted by Gasteiger charge is -2.31. The Kier molecular flexibility index (Phi) is 2.38. The Labute approximate surface area is 73.3 Å². The first-order chi connectivity index (χ1) is 5.50. The van der Waals surface area contributed by atoms with Crippen LogP contribution in [0.3, 0.4) is 0 Å². The monoisotopic (exact) mass is 168 g/mol. The van der Waals surface area contributed by atoms with Crippen LogP contribution >= 0.6 is 0 Å². The largest absolute Gasteiger partial charge is 0.392 e. The molecule has 0 heterocycles. The fraction of sp³-hybridized carbons (Fsp3) is 0.700. The van der Waals surface area contributed by atoms with Gasteiger partial charge in [-0.1, -0.05) is 5.57 Å². The van der Waals surface area contributed by atoms with Gasteiger partial charge in [-0.05, 0) is 32.8 Å². The minimum Gasteiger partial charge on any atom is -0.392 e. The molecule has 12 heavy (non-hydrogen) atoms. The zero-order valence-electron chi connectivity index (χ0n) is 7.98. The van der Waals surface area contributed by atoms with Crippen LogP contribution in [-0.2, 0) is 4.79 Å². The molecule has 0 spiro atoms. The highest BCUT2D eigenvalue weighted by Gasteiger charge is 2.35. The molecule has 0 aromatic rings. The number of Topliss-reactive ketones (excluding diaryl/α,β-unsaturated/α-hetero) is 1. The molecule has 0 aromatic heterocycles. The molecule has 0 radical (unpaired) electrons. The van der Waals surface area contributed by atoms with Crippen molar-refractivity contribution >= 4 is 5.78 Å². The molecule has 0 bridgehead atoms. The molecule has 0 amide bonds. The molecular formula is C10H16O2. The van der Waals surface area contributed by atoms with E-state index >= 15 is 0 Å². The minimum absolute atomic E-state index is 0.0184. The summed E-state index contributed by atoms with van der Waals surface area (Å²) in [4.78, 5) is 11.5. The topological polar surface area (TPSA) is 37.3 Å². The van der Waals surface area contributed by atoms with E-state index in [1.54, 1.807) is 0 Å². The maximum atomic E-state index is 11.5. The van der Waals surface area contributed by atoms with E-state index in [1.165, 1.54) is 5.57 Å². The standard InChI is InChI=1S/C10H16O2/c1-7-4-5-9(12)10(2,3)8(7)6-11/h11H,4-6H2,1-3H3. The quantitative estimate of drug-likeness (QED) is 0.605. The summed E-state index contributed by atoms with van der Waals surface area (Å²) in [6.07, 6.45) is 1.44. The zero-order chi connectivity index (χ0) is 9.35. The summed E-state index contributed by atoms with van der Waals surface area (Å²) in [7, 11) is 0. The van der Waals surface area contributed by atoms with Crippen molar-refractivity contribution in [1.82, 2.24) is 0 Å². The summed E-state index contributed by atoms with van der Waals surface area (Å²) < 4.78 is 0. The van der Waals surface area contributed by atoms with Crippen molar-refractivity contribution in [2.45, 2.75) is 33.6 Å². The molecule has 0 atom stereocenters. The first-order valence-corrected chi connectivity index (χ1v) is 4.33. The van der Waals surface area contributed by atoms with E-state index in [4.69, 9.17) is 5.11 Å². The van der Waals surface area contributed by atoms with Crippen molar-refractivity contribution in [2.75, 3.05) is 6.61 Å². The molecule has 0 fully saturated rings. The minimum atomic E-state index is -0.433. The summed E-state index contributed by atoms with van der Waals surface area (Å²) in [6, 6.07) is 0. The molecule has 68 valence electrons. The van der Waals surface area contributed by atoms with Gasteiger partial charge in [-0.2, -0.15) is 0 Å². The highest BCUT2D eigenvalue weighted by molar-refractivity contribution is 5.88. The second kappa shape index (κ2) is 3.02. The third kappa shape index (κ3) is 1.31. The number of aliphatic hydroxyl groups excluding tert-OH is 1. The second-order valence-electron chi connectivity index (χ2n) is 3.97. The van der Waals surface area contributed by atoms with Crippen LogP contribution in [0.1, 0.15) is 33.6 Å². The first kappa shape index (κ1) is 9.46. The molecule has 2 heteroatoms. The van der Waals surface area contributed by atoms with Gasteiger partial charge in [0.05, 0.1) is 6.61 Å². The van der Waals surface area contributed by atoms with Crippen LogP contribution < -0.4 is 0 Å². The summed E-state index contributed by atoms with van der Waals surface area (Å²) in [5.74, 6) is 0.247. The van der Waals surface area contributed by atoms with Crippen molar-refractivity contribution < 1.29 is 9.90 Å². The van der Waals surface area contributed by atoms with Crippen molar-refractivity contribution in [3.8, 4) is 0 Å². The van der Waals surface area contributed by atoms with Crippen molar-refractivity contribution in [3.63, 3.8) is 0 Å². The number of carbonyl (C=O) groups excluding carboxylic acids is 1. The predicted molar refractivity (Wildman–Crippen MR) is 47.8 cm³/mol. The van der Waals surface area contributed by atoms with Gasteiger partial charge in [0.15, 0.2) is 0 Å². The van der Waals surface area contributed by atoms with Gasteiger partial charge in [-0.15, -0.1) is 0 Å². The molecule has 0 unspecified atom stereocenters.